The topological polar surface area (TPSA) is 66.3 Å². The number of aromatic nitrogens is 2. The molecule has 7 heteroatoms. The zero-order valence-corrected chi connectivity index (χ0v) is 16.7. The lowest BCUT2D eigenvalue weighted by molar-refractivity contribution is 0.171. The molecule has 2 aromatic heterocycles. The van der Waals surface area contributed by atoms with Gasteiger partial charge in [0, 0.05) is 18.0 Å². The van der Waals surface area contributed by atoms with E-state index in [0.717, 1.165) is 39.9 Å². The van der Waals surface area contributed by atoms with Crippen molar-refractivity contribution in [2.45, 2.75) is 0 Å². The molecule has 0 fully saturated rings. The van der Waals surface area contributed by atoms with Crippen LogP contribution in [0.25, 0.3) is 16.9 Å². The molecule has 4 aromatic rings. The molecule has 7 nitrogen and oxygen atoms in total. The van der Waals surface area contributed by atoms with Crippen LogP contribution in [0.4, 0.5) is 11.5 Å². The highest BCUT2D eigenvalue weighted by Crippen LogP contribution is 2.43. The first kappa shape index (κ1) is 18.2. The highest BCUT2D eigenvalue weighted by molar-refractivity contribution is 5.86. The summed E-state index contributed by atoms with van der Waals surface area (Å²) in [5, 5.41) is 3.50. The van der Waals surface area contributed by atoms with Gasteiger partial charge in [-0.3, -0.25) is 4.40 Å². The van der Waals surface area contributed by atoms with Gasteiger partial charge in [0.25, 0.3) is 0 Å². The van der Waals surface area contributed by atoms with Crippen LogP contribution in [0.2, 0.25) is 0 Å². The number of anilines is 2. The molecule has 1 aliphatic rings. The zero-order valence-electron chi connectivity index (χ0n) is 16.7. The van der Waals surface area contributed by atoms with Crippen molar-refractivity contribution < 1.29 is 18.9 Å². The third kappa shape index (κ3) is 3.04. The van der Waals surface area contributed by atoms with E-state index in [1.807, 2.05) is 65.2 Å². The fourth-order valence-electron chi connectivity index (χ4n) is 3.63. The van der Waals surface area contributed by atoms with E-state index in [4.69, 9.17) is 23.9 Å². The summed E-state index contributed by atoms with van der Waals surface area (Å²) < 4.78 is 24.6. The summed E-state index contributed by atoms with van der Waals surface area (Å²) in [7, 11) is 3.28. The van der Waals surface area contributed by atoms with Crippen LogP contribution in [0, 0.1) is 0 Å². The number of fused-ring (bicyclic) bond motifs is 2. The van der Waals surface area contributed by atoms with Crippen molar-refractivity contribution in [1.29, 1.82) is 0 Å². The molecular weight excluding hydrogens is 382 g/mol. The number of pyridine rings is 1. The summed E-state index contributed by atoms with van der Waals surface area (Å²) in [5.41, 5.74) is 3.18. The van der Waals surface area contributed by atoms with Gasteiger partial charge in [-0.05, 0) is 36.4 Å². The van der Waals surface area contributed by atoms with Gasteiger partial charge in [-0.1, -0.05) is 12.1 Å². The second kappa shape index (κ2) is 7.51. The molecule has 0 spiro atoms. The third-order valence-corrected chi connectivity index (χ3v) is 5.00. The molecule has 0 atom stereocenters. The molecule has 0 saturated heterocycles. The van der Waals surface area contributed by atoms with Gasteiger partial charge >= 0.3 is 0 Å². The molecule has 5 rings (SSSR count). The molecule has 2 aromatic carbocycles. The summed E-state index contributed by atoms with van der Waals surface area (Å²) >= 11 is 0. The minimum atomic E-state index is 0.537. The van der Waals surface area contributed by atoms with Crippen molar-refractivity contribution in [1.82, 2.24) is 9.38 Å². The Kier molecular flexibility index (Phi) is 4.55. The lowest BCUT2D eigenvalue weighted by atomic mass is 10.1. The first-order valence-electron chi connectivity index (χ1n) is 9.63. The van der Waals surface area contributed by atoms with E-state index < -0.39 is 0 Å². The second-order valence-electron chi connectivity index (χ2n) is 6.76. The number of hydrogen-bond acceptors (Lipinski definition) is 6. The molecule has 1 N–H and O–H groups in total. The predicted molar refractivity (Wildman–Crippen MR) is 114 cm³/mol. The number of benzene rings is 2. The number of imidazole rings is 1. The van der Waals surface area contributed by atoms with Crippen LogP contribution in [0.3, 0.4) is 0 Å². The van der Waals surface area contributed by atoms with E-state index in [1.54, 1.807) is 14.2 Å². The van der Waals surface area contributed by atoms with Gasteiger partial charge < -0.3 is 24.3 Å². The minimum absolute atomic E-state index is 0.537. The van der Waals surface area contributed by atoms with E-state index in [0.29, 0.717) is 24.7 Å². The van der Waals surface area contributed by atoms with Crippen LogP contribution in [0.5, 0.6) is 23.0 Å². The van der Waals surface area contributed by atoms with Crippen molar-refractivity contribution in [2.75, 3.05) is 32.8 Å². The van der Waals surface area contributed by atoms with Crippen LogP contribution in [-0.4, -0.2) is 36.8 Å². The Bertz CT molecular complexity index is 1200. The average molecular weight is 403 g/mol. The van der Waals surface area contributed by atoms with E-state index in [-0.39, 0.29) is 0 Å². The Labute approximate surface area is 173 Å². The highest BCUT2D eigenvalue weighted by atomic mass is 16.6. The van der Waals surface area contributed by atoms with Crippen molar-refractivity contribution in [2.24, 2.45) is 0 Å². The molecule has 3 heterocycles. The summed E-state index contributed by atoms with van der Waals surface area (Å²) in [6.07, 6.45) is 1.97. The van der Waals surface area contributed by atoms with Gasteiger partial charge in [-0.25, -0.2) is 4.98 Å². The molecule has 0 amide bonds. The number of nitrogens with one attached hydrogen (secondary N) is 1. The fraction of sp³-hybridized carbons (Fsp3) is 0.174. The fourth-order valence-corrected chi connectivity index (χ4v) is 3.63. The van der Waals surface area contributed by atoms with Crippen LogP contribution in [0.15, 0.2) is 60.8 Å². The lowest BCUT2D eigenvalue weighted by Crippen LogP contribution is -2.15. The van der Waals surface area contributed by atoms with E-state index in [9.17, 15) is 0 Å². The van der Waals surface area contributed by atoms with Crippen molar-refractivity contribution in [3.05, 3.63) is 60.8 Å². The summed E-state index contributed by atoms with van der Waals surface area (Å²) in [6.45, 7) is 1.10. The van der Waals surface area contributed by atoms with Gasteiger partial charge in [-0.15, -0.1) is 0 Å². The smallest absolute Gasteiger partial charge is 0.163 e. The maximum Gasteiger partial charge on any atom is 0.163 e. The molecule has 152 valence electrons. The van der Waals surface area contributed by atoms with Gasteiger partial charge in [0.05, 0.1) is 19.8 Å². The minimum Gasteiger partial charge on any atom is -0.496 e. The van der Waals surface area contributed by atoms with Crippen LogP contribution < -0.4 is 24.3 Å². The molecule has 0 unspecified atom stereocenters. The van der Waals surface area contributed by atoms with E-state index >= 15 is 0 Å². The Balaban J connectivity index is 1.68. The van der Waals surface area contributed by atoms with Crippen molar-refractivity contribution >= 4 is 17.2 Å². The zero-order chi connectivity index (χ0) is 20.5. The molecule has 30 heavy (non-hydrogen) atoms. The van der Waals surface area contributed by atoms with Gasteiger partial charge in [0.1, 0.15) is 41.9 Å². The van der Waals surface area contributed by atoms with Crippen molar-refractivity contribution in [3.63, 3.8) is 0 Å². The first-order valence-corrected chi connectivity index (χ1v) is 9.63. The normalized spacial score (nSPS) is 12.6. The van der Waals surface area contributed by atoms with E-state index in [1.165, 1.54) is 0 Å². The Morgan fingerprint density at radius 1 is 0.900 bits per heavy atom. The summed E-state index contributed by atoms with van der Waals surface area (Å²) in [4.78, 5) is 4.87. The number of rotatable bonds is 5. The van der Waals surface area contributed by atoms with Crippen LogP contribution in [-0.2, 0) is 0 Å². The molecule has 0 radical (unpaired) electrons. The monoisotopic (exact) mass is 403 g/mol. The van der Waals surface area contributed by atoms with Gasteiger partial charge in [0.2, 0.25) is 0 Å². The molecule has 0 bridgehead atoms. The molecule has 0 saturated carbocycles. The van der Waals surface area contributed by atoms with Crippen LogP contribution >= 0.6 is 0 Å². The molecule has 1 aliphatic heterocycles. The first-order chi connectivity index (χ1) is 14.8. The number of ether oxygens (including phenoxy) is 4. The lowest BCUT2D eigenvalue weighted by Gasteiger charge is -2.19. The quantitative estimate of drug-likeness (QED) is 0.528. The largest absolute Gasteiger partial charge is 0.496 e. The summed E-state index contributed by atoms with van der Waals surface area (Å²) in [5.74, 6) is 3.63. The predicted octanol–water partition coefficient (Wildman–Crippen LogP) is 4.53. The number of nitrogens with zero attached hydrogens (tertiary/aromatic N) is 2. The summed E-state index contributed by atoms with van der Waals surface area (Å²) in [6, 6.07) is 17.4. The second-order valence-corrected chi connectivity index (χ2v) is 6.76. The van der Waals surface area contributed by atoms with Crippen molar-refractivity contribution in [3.8, 4) is 34.3 Å². The Hall–Kier alpha value is -3.87. The Morgan fingerprint density at radius 2 is 1.67 bits per heavy atom. The maximum absolute atomic E-state index is 5.73. The third-order valence-electron chi connectivity index (χ3n) is 5.00. The van der Waals surface area contributed by atoms with Gasteiger partial charge in [0.15, 0.2) is 11.5 Å². The SMILES string of the molecule is COc1cccc(OC)c1-c1nc2ccccn2c1Nc1ccc2c(c1)OCCO2. The number of methoxy groups -OCH3 is 2. The van der Waals surface area contributed by atoms with E-state index in [2.05, 4.69) is 5.32 Å². The maximum atomic E-state index is 5.73. The Morgan fingerprint density at radius 3 is 2.43 bits per heavy atom. The van der Waals surface area contributed by atoms with Gasteiger partial charge in [-0.2, -0.15) is 0 Å². The highest BCUT2D eigenvalue weighted by Gasteiger charge is 2.22. The molecule has 0 aliphatic carbocycles. The average Bonchev–Trinajstić information content (AvgIpc) is 3.16. The number of hydrogen-bond donors (Lipinski definition) is 1. The standard InChI is InChI=1S/C23H21N3O4/c1-27-17-6-5-7-18(28-2)21(17)22-23(26-11-4-3-8-20(26)25-22)24-15-9-10-16-19(14-15)30-13-12-29-16/h3-11,14,24H,12-13H2,1-2H3. The van der Waals surface area contributed by atoms with Crippen LogP contribution in [0.1, 0.15) is 0 Å². The molecular formula is C23H21N3O4.